The van der Waals surface area contributed by atoms with Gasteiger partial charge in [0.25, 0.3) is 0 Å². The first-order valence-corrected chi connectivity index (χ1v) is 4.81. The smallest absolute Gasteiger partial charge is 0.315 e. The van der Waals surface area contributed by atoms with Gasteiger partial charge in [0, 0.05) is 12.6 Å². The first kappa shape index (κ1) is 13.5. The Kier molecular flexibility index (Phi) is 6.17. The van der Waals surface area contributed by atoms with Gasteiger partial charge in [-0.25, -0.2) is 4.79 Å². The Balaban J connectivity index is 3.74. The van der Waals surface area contributed by atoms with Gasteiger partial charge >= 0.3 is 12.0 Å². The number of aliphatic carboxylic acids is 1. The number of carboxylic acids is 1. The second-order valence-electron chi connectivity index (χ2n) is 3.63. The fourth-order valence-electron chi connectivity index (χ4n) is 0.936. The van der Waals surface area contributed by atoms with Gasteiger partial charge in [0.15, 0.2) is 0 Å². The molecule has 3 N–H and O–H groups in total. The molecule has 0 rings (SSSR count). The number of hydrogen-bond donors (Lipinski definition) is 3. The second-order valence-corrected chi connectivity index (χ2v) is 3.63. The monoisotopic (exact) mass is 214 g/mol. The second kappa shape index (κ2) is 6.86. The van der Waals surface area contributed by atoms with E-state index in [1.165, 1.54) is 0 Å². The number of carboxylic acid groups (broad SMARTS) is 1. The molecule has 2 amide bonds. The van der Waals surface area contributed by atoms with Gasteiger partial charge in [-0.05, 0) is 20.8 Å². The Morgan fingerprint density at radius 1 is 1.40 bits per heavy atom. The third-order valence-electron chi connectivity index (χ3n) is 1.63. The van der Waals surface area contributed by atoms with Crippen LogP contribution in [0.1, 0.15) is 27.2 Å². The average Bonchev–Trinajstić information content (AvgIpc) is 2.00. The number of rotatable bonds is 5. The van der Waals surface area contributed by atoms with E-state index in [0.29, 0.717) is 6.54 Å². The normalized spacial score (nSPS) is 11.4. The van der Waals surface area contributed by atoms with Crippen molar-refractivity contribution in [3.05, 3.63) is 11.6 Å². The number of carbonyl (C=O) groups excluding carboxylic acids is 1. The van der Waals surface area contributed by atoms with Crippen LogP contribution in [0.4, 0.5) is 4.79 Å². The Morgan fingerprint density at radius 3 is 2.47 bits per heavy atom. The van der Waals surface area contributed by atoms with Crippen molar-refractivity contribution in [2.45, 2.75) is 33.2 Å². The van der Waals surface area contributed by atoms with Crippen molar-refractivity contribution in [3.63, 3.8) is 0 Å². The van der Waals surface area contributed by atoms with Crippen LogP contribution in [0.2, 0.25) is 0 Å². The summed E-state index contributed by atoms with van der Waals surface area (Å²) in [7, 11) is 0. The molecule has 0 heterocycles. The van der Waals surface area contributed by atoms with Crippen LogP contribution in [-0.4, -0.2) is 29.7 Å². The molecule has 0 fully saturated rings. The van der Waals surface area contributed by atoms with Crippen LogP contribution in [0.5, 0.6) is 0 Å². The van der Waals surface area contributed by atoms with Gasteiger partial charge in [-0.1, -0.05) is 11.6 Å². The maximum atomic E-state index is 11.2. The zero-order chi connectivity index (χ0) is 11.8. The quantitative estimate of drug-likeness (QED) is 0.600. The van der Waals surface area contributed by atoms with Crippen molar-refractivity contribution in [3.8, 4) is 0 Å². The predicted molar refractivity (Wildman–Crippen MR) is 57.7 cm³/mol. The molecule has 0 saturated heterocycles. The molecule has 0 aromatic heterocycles. The summed E-state index contributed by atoms with van der Waals surface area (Å²) in [4.78, 5) is 21.5. The van der Waals surface area contributed by atoms with Crippen LogP contribution >= 0.6 is 0 Å². The maximum absolute atomic E-state index is 11.2. The summed E-state index contributed by atoms with van der Waals surface area (Å²) in [5.41, 5.74) is 1.12. The molecular weight excluding hydrogens is 196 g/mol. The Bertz CT molecular complexity index is 257. The van der Waals surface area contributed by atoms with Crippen molar-refractivity contribution < 1.29 is 14.7 Å². The molecule has 0 saturated carbocycles. The summed E-state index contributed by atoms with van der Waals surface area (Å²) in [6, 6.07) is -0.713. The number of allylic oxidation sites excluding steroid dienone is 1. The topological polar surface area (TPSA) is 78.4 Å². The van der Waals surface area contributed by atoms with Crippen molar-refractivity contribution in [2.24, 2.45) is 0 Å². The minimum absolute atomic E-state index is 0.0733. The zero-order valence-corrected chi connectivity index (χ0v) is 9.33. The third-order valence-corrected chi connectivity index (χ3v) is 1.63. The Hall–Kier alpha value is -1.52. The molecule has 0 radical (unpaired) electrons. The summed E-state index contributed by atoms with van der Waals surface area (Å²) < 4.78 is 0. The highest BCUT2D eigenvalue weighted by Crippen LogP contribution is 1.90. The summed E-state index contributed by atoms with van der Waals surface area (Å²) in [6.07, 6.45) is 1.80. The molecule has 0 aliphatic heterocycles. The fraction of sp³-hybridized carbons (Fsp3) is 0.600. The molecule has 0 aliphatic rings. The van der Waals surface area contributed by atoms with E-state index < -0.39 is 5.97 Å². The Labute approximate surface area is 89.6 Å². The van der Waals surface area contributed by atoms with Gasteiger partial charge in [0.1, 0.15) is 0 Å². The lowest BCUT2D eigenvalue weighted by Crippen LogP contribution is -2.41. The molecule has 86 valence electrons. The minimum Gasteiger partial charge on any atom is -0.481 e. The minimum atomic E-state index is -0.924. The third kappa shape index (κ3) is 8.80. The van der Waals surface area contributed by atoms with E-state index in [1.807, 2.05) is 19.9 Å². The zero-order valence-electron chi connectivity index (χ0n) is 9.33. The lowest BCUT2D eigenvalue weighted by atomic mass is 10.2. The van der Waals surface area contributed by atoms with Gasteiger partial charge < -0.3 is 15.7 Å². The molecule has 1 atom stereocenters. The van der Waals surface area contributed by atoms with Crippen molar-refractivity contribution in [1.29, 1.82) is 0 Å². The van der Waals surface area contributed by atoms with Crippen LogP contribution in [0.25, 0.3) is 0 Å². The molecule has 0 spiro atoms. The maximum Gasteiger partial charge on any atom is 0.315 e. The van der Waals surface area contributed by atoms with Crippen molar-refractivity contribution in [1.82, 2.24) is 10.6 Å². The van der Waals surface area contributed by atoms with Crippen molar-refractivity contribution in [2.75, 3.05) is 6.54 Å². The van der Waals surface area contributed by atoms with Crippen LogP contribution < -0.4 is 10.6 Å². The number of urea groups is 1. The van der Waals surface area contributed by atoms with E-state index in [-0.39, 0.29) is 18.5 Å². The largest absolute Gasteiger partial charge is 0.481 e. The first-order valence-electron chi connectivity index (χ1n) is 4.81. The van der Waals surface area contributed by atoms with Crippen LogP contribution in [0, 0.1) is 0 Å². The summed E-state index contributed by atoms with van der Waals surface area (Å²) >= 11 is 0. The van der Waals surface area contributed by atoms with Crippen molar-refractivity contribution >= 4 is 12.0 Å². The standard InChI is InChI=1S/C10H18N2O3/c1-7(2)4-5-11-10(15)12-8(3)6-9(13)14/h4,8H,5-6H2,1-3H3,(H,13,14)(H2,11,12,15). The summed E-state index contributed by atoms with van der Waals surface area (Å²) in [5.74, 6) is -0.924. The molecule has 0 aromatic rings. The van der Waals surface area contributed by atoms with E-state index in [4.69, 9.17) is 5.11 Å². The van der Waals surface area contributed by atoms with E-state index >= 15 is 0 Å². The number of hydrogen-bond acceptors (Lipinski definition) is 2. The lowest BCUT2D eigenvalue weighted by molar-refractivity contribution is -0.137. The van der Waals surface area contributed by atoms with Crippen LogP contribution in [0.15, 0.2) is 11.6 Å². The molecule has 0 bridgehead atoms. The van der Waals surface area contributed by atoms with E-state index in [2.05, 4.69) is 10.6 Å². The summed E-state index contributed by atoms with van der Waals surface area (Å²) in [6.45, 7) is 5.97. The van der Waals surface area contributed by atoms with E-state index in [0.717, 1.165) is 5.57 Å². The van der Waals surface area contributed by atoms with Crippen LogP contribution in [-0.2, 0) is 4.79 Å². The highest BCUT2D eigenvalue weighted by Gasteiger charge is 2.09. The highest BCUT2D eigenvalue weighted by molar-refractivity contribution is 5.75. The first-order chi connectivity index (χ1) is 6.91. The molecule has 0 aromatic carbocycles. The average molecular weight is 214 g/mol. The molecule has 5 heteroatoms. The lowest BCUT2D eigenvalue weighted by Gasteiger charge is -2.11. The Morgan fingerprint density at radius 2 is 2.00 bits per heavy atom. The van der Waals surface area contributed by atoms with Gasteiger partial charge in [-0.3, -0.25) is 4.79 Å². The van der Waals surface area contributed by atoms with Gasteiger partial charge in [-0.15, -0.1) is 0 Å². The van der Waals surface area contributed by atoms with Gasteiger partial charge in [-0.2, -0.15) is 0 Å². The molecule has 0 aliphatic carbocycles. The number of carbonyl (C=O) groups is 2. The fourth-order valence-corrected chi connectivity index (χ4v) is 0.936. The van der Waals surface area contributed by atoms with Gasteiger partial charge in [0.2, 0.25) is 0 Å². The van der Waals surface area contributed by atoms with Gasteiger partial charge in [0.05, 0.1) is 6.42 Å². The van der Waals surface area contributed by atoms with Crippen LogP contribution in [0.3, 0.4) is 0 Å². The predicted octanol–water partition coefficient (Wildman–Crippen LogP) is 1.11. The number of amides is 2. The molecule has 1 unspecified atom stereocenters. The van der Waals surface area contributed by atoms with E-state index in [9.17, 15) is 9.59 Å². The highest BCUT2D eigenvalue weighted by atomic mass is 16.4. The van der Waals surface area contributed by atoms with E-state index in [1.54, 1.807) is 6.92 Å². The number of nitrogens with one attached hydrogen (secondary N) is 2. The molecule has 5 nitrogen and oxygen atoms in total. The SMILES string of the molecule is CC(C)=CCNC(=O)NC(C)CC(=O)O. The molecule has 15 heavy (non-hydrogen) atoms. The summed E-state index contributed by atoms with van der Waals surface area (Å²) in [5, 5.41) is 13.6. The molecular formula is C10H18N2O3.